The molecule has 2 rings (SSSR count). The Bertz CT molecular complexity index is 1100. The minimum absolute atomic E-state index is 0.135. The number of rotatable bonds is 11. The zero-order chi connectivity index (χ0) is 23.9. The average molecular weight is 486 g/mol. The highest BCUT2D eigenvalue weighted by Crippen LogP contribution is 2.25. The Hall–Kier alpha value is -2.35. The van der Waals surface area contributed by atoms with E-state index in [-0.39, 0.29) is 17.9 Å². The molecule has 0 heterocycles. The van der Waals surface area contributed by atoms with Crippen LogP contribution in [0.4, 0.5) is 0 Å². The first-order valence-corrected chi connectivity index (χ1v) is 13.0. The van der Waals surface area contributed by atoms with E-state index < -0.39 is 38.1 Å². The lowest BCUT2D eigenvalue weighted by Gasteiger charge is -2.30. The summed E-state index contributed by atoms with van der Waals surface area (Å²) in [5.74, 6) is -1.06. The van der Waals surface area contributed by atoms with Crippen molar-refractivity contribution in [1.29, 1.82) is 0 Å². The van der Waals surface area contributed by atoms with Crippen molar-refractivity contribution >= 4 is 26.0 Å². The van der Waals surface area contributed by atoms with Gasteiger partial charge in [-0.25, -0.2) is 27.0 Å². The number of carbonyl (C=O) groups is 1. The SMILES string of the molecule is CC(C)ON(C(CCNS(C)(=O)=O)C(=O)NO)S(=O)(=O)c1ccc(-c2ccccc2)cc1. The molecule has 1 amide bonds. The molecule has 32 heavy (non-hydrogen) atoms. The summed E-state index contributed by atoms with van der Waals surface area (Å²) < 4.78 is 52.1. The fraction of sp³-hybridized carbons (Fsp3) is 0.350. The van der Waals surface area contributed by atoms with Gasteiger partial charge in [0.1, 0.15) is 6.04 Å². The quantitative estimate of drug-likeness (QED) is 0.323. The molecule has 1 unspecified atom stereocenters. The van der Waals surface area contributed by atoms with Crippen molar-refractivity contribution in [2.24, 2.45) is 0 Å². The van der Waals surface area contributed by atoms with E-state index in [4.69, 9.17) is 10.0 Å². The van der Waals surface area contributed by atoms with Crippen LogP contribution in [-0.2, 0) is 29.7 Å². The summed E-state index contributed by atoms with van der Waals surface area (Å²) >= 11 is 0. The maximum Gasteiger partial charge on any atom is 0.265 e. The number of amides is 1. The van der Waals surface area contributed by atoms with Gasteiger partial charge >= 0.3 is 0 Å². The van der Waals surface area contributed by atoms with Gasteiger partial charge in [-0.1, -0.05) is 46.9 Å². The van der Waals surface area contributed by atoms with E-state index in [1.54, 1.807) is 26.0 Å². The summed E-state index contributed by atoms with van der Waals surface area (Å²) in [6.07, 6.45) is 0.0138. The van der Waals surface area contributed by atoms with Gasteiger partial charge in [0.25, 0.3) is 15.9 Å². The largest absolute Gasteiger partial charge is 0.289 e. The van der Waals surface area contributed by atoms with Crippen molar-refractivity contribution in [2.45, 2.75) is 37.3 Å². The van der Waals surface area contributed by atoms with Crippen LogP contribution in [0.15, 0.2) is 59.5 Å². The molecule has 2 aromatic carbocycles. The summed E-state index contributed by atoms with van der Waals surface area (Å²) in [7, 11) is -7.93. The third-order valence-corrected chi connectivity index (χ3v) is 6.67. The van der Waals surface area contributed by atoms with E-state index in [2.05, 4.69) is 4.72 Å². The molecule has 0 saturated heterocycles. The van der Waals surface area contributed by atoms with E-state index in [0.717, 1.165) is 17.4 Å². The van der Waals surface area contributed by atoms with Crippen molar-refractivity contribution in [3.05, 3.63) is 54.6 Å². The first kappa shape index (κ1) is 25.9. The van der Waals surface area contributed by atoms with Crippen molar-refractivity contribution in [2.75, 3.05) is 12.8 Å². The Labute approximate surface area is 188 Å². The standard InChI is InChI=1S/C20H27N3O7S2/c1-15(2)30-23(19(20(24)22-25)13-14-21-31(3,26)27)32(28,29)18-11-9-17(10-12-18)16-7-5-4-6-8-16/h4-12,15,19,21,25H,13-14H2,1-3H3,(H,22,24). The highest BCUT2D eigenvalue weighted by Gasteiger charge is 2.38. The molecular formula is C20H27N3O7S2. The normalized spacial score (nSPS) is 13.3. The summed E-state index contributed by atoms with van der Waals surface area (Å²) in [6.45, 7) is 2.89. The Balaban J connectivity index is 2.40. The zero-order valence-corrected chi connectivity index (χ0v) is 19.6. The molecule has 0 radical (unpaired) electrons. The van der Waals surface area contributed by atoms with E-state index in [9.17, 15) is 21.6 Å². The molecule has 0 spiro atoms. The Morgan fingerprint density at radius 3 is 2.06 bits per heavy atom. The molecule has 176 valence electrons. The van der Waals surface area contributed by atoms with Gasteiger partial charge in [-0.15, -0.1) is 0 Å². The third-order valence-electron chi connectivity index (χ3n) is 4.26. The van der Waals surface area contributed by atoms with Crippen molar-refractivity contribution in [1.82, 2.24) is 14.7 Å². The number of benzene rings is 2. The predicted octanol–water partition coefficient (Wildman–Crippen LogP) is 1.50. The van der Waals surface area contributed by atoms with Gasteiger partial charge in [0.05, 0.1) is 17.3 Å². The van der Waals surface area contributed by atoms with Gasteiger partial charge in [0.2, 0.25) is 10.0 Å². The van der Waals surface area contributed by atoms with Crippen LogP contribution in [0.2, 0.25) is 0 Å². The smallest absolute Gasteiger partial charge is 0.265 e. The van der Waals surface area contributed by atoms with Crippen LogP contribution in [0.25, 0.3) is 11.1 Å². The van der Waals surface area contributed by atoms with Crippen molar-refractivity contribution < 1.29 is 31.7 Å². The van der Waals surface area contributed by atoms with E-state index in [0.29, 0.717) is 4.47 Å². The van der Waals surface area contributed by atoms with Crippen LogP contribution in [0, 0.1) is 0 Å². The topological polar surface area (TPSA) is 142 Å². The number of sulfonamides is 2. The van der Waals surface area contributed by atoms with E-state index in [1.165, 1.54) is 17.6 Å². The number of nitrogens with one attached hydrogen (secondary N) is 2. The van der Waals surface area contributed by atoms with Crippen LogP contribution in [0.1, 0.15) is 20.3 Å². The van der Waals surface area contributed by atoms with Crippen molar-refractivity contribution in [3.63, 3.8) is 0 Å². The third kappa shape index (κ3) is 7.08. The summed E-state index contributed by atoms with van der Waals surface area (Å²) in [5, 5.41) is 9.13. The van der Waals surface area contributed by atoms with Crippen LogP contribution in [-0.4, -0.2) is 57.4 Å². The molecule has 0 aliphatic rings. The predicted molar refractivity (Wildman–Crippen MR) is 118 cm³/mol. The Morgan fingerprint density at radius 1 is 1.00 bits per heavy atom. The molecule has 0 bridgehead atoms. The molecule has 0 saturated carbocycles. The van der Waals surface area contributed by atoms with Gasteiger partial charge in [0, 0.05) is 6.54 Å². The summed E-state index contributed by atoms with van der Waals surface area (Å²) in [5.41, 5.74) is 3.11. The highest BCUT2D eigenvalue weighted by atomic mass is 32.2. The number of hydrogen-bond donors (Lipinski definition) is 3. The lowest BCUT2D eigenvalue weighted by Crippen LogP contribution is -2.51. The van der Waals surface area contributed by atoms with Crippen LogP contribution in [0.5, 0.6) is 0 Å². The molecule has 3 N–H and O–H groups in total. The second-order valence-electron chi connectivity index (χ2n) is 7.25. The van der Waals surface area contributed by atoms with Crippen molar-refractivity contribution in [3.8, 4) is 11.1 Å². The number of carbonyl (C=O) groups excluding carboxylic acids is 1. The molecule has 10 nitrogen and oxygen atoms in total. The first-order chi connectivity index (χ1) is 15.0. The fourth-order valence-corrected chi connectivity index (χ4v) is 4.85. The summed E-state index contributed by atoms with van der Waals surface area (Å²) in [4.78, 5) is 17.6. The van der Waals surface area contributed by atoms with Gasteiger partial charge in [0.15, 0.2) is 0 Å². The molecule has 12 heteroatoms. The second-order valence-corrected chi connectivity index (χ2v) is 10.9. The lowest BCUT2D eigenvalue weighted by atomic mass is 10.1. The van der Waals surface area contributed by atoms with Gasteiger partial charge in [-0.3, -0.25) is 14.8 Å². The minimum Gasteiger partial charge on any atom is -0.289 e. The highest BCUT2D eigenvalue weighted by molar-refractivity contribution is 7.89. The monoisotopic (exact) mass is 485 g/mol. The molecule has 0 fully saturated rings. The number of nitrogens with zero attached hydrogens (tertiary/aromatic N) is 1. The first-order valence-electron chi connectivity index (χ1n) is 9.71. The fourth-order valence-electron chi connectivity index (χ4n) is 2.85. The van der Waals surface area contributed by atoms with E-state index >= 15 is 0 Å². The maximum atomic E-state index is 13.3. The zero-order valence-electron chi connectivity index (χ0n) is 17.9. The minimum atomic E-state index is -4.35. The molecular weight excluding hydrogens is 458 g/mol. The van der Waals surface area contributed by atoms with Gasteiger partial charge in [-0.05, 0) is 43.5 Å². The Morgan fingerprint density at radius 2 is 1.56 bits per heavy atom. The van der Waals surface area contributed by atoms with Gasteiger partial charge < -0.3 is 0 Å². The Kier molecular flexibility index (Phi) is 8.89. The number of hydrogen-bond acceptors (Lipinski definition) is 7. The maximum absolute atomic E-state index is 13.3. The molecule has 0 aliphatic heterocycles. The van der Waals surface area contributed by atoms with Crippen LogP contribution in [0.3, 0.4) is 0 Å². The van der Waals surface area contributed by atoms with Crippen LogP contribution < -0.4 is 10.2 Å². The van der Waals surface area contributed by atoms with Gasteiger partial charge in [-0.2, -0.15) is 0 Å². The summed E-state index contributed by atoms with van der Waals surface area (Å²) in [6, 6.07) is 13.9. The molecule has 1 atom stereocenters. The lowest BCUT2D eigenvalue weighted by molar-refractivity contribution is -0.166. The average Bonchev–Trinajstić information content (AvgIpc) is 2.74. The molecule has 0 aliphatic carbocycles. The molecule has 2 aromatic rings. The number of hydroxylamine groups is 2. The van der Waals surface area contributed by atoms with E-state index in [1.807, 2.05) is 30.3 Å². The molecule has 0 aromatic heterocycles. The second kappa shape index (κ2) is 11.0. The van der Waals surface area contributed by atoms with Crippen LogP contribution >= 0.6 is 0 Å².